The Morgan fingerprint density at radius 3 is 2.68 bits per heavy atom. The molecule has 2 heterocycles. The molecule has 0 aliphatic carbocycles. The minimum atomic E-state index is -0.843. The van der Waals surface area contributed by atoms with Gasteiger partial charge >= 0.3 is 5.97 Å². The second-order valence-corrected chi connectivity index (χ2v) is 7.11. The van der Waals surface area contributed by atoms with Crippen LogP contribution >= 0.6 is 0 Å². The number of carbonyl (C=O) groups is 2. The van der Waals surface area contributed by atoms with Crippen molar-refractivity contribution in [1.82, 2.24) is 9.55 Å². The Morgan fingerprint density at radius 1 is 1.36 bits per heavy atom. The zero-order chi connectivity index (χ0) is 18.4. The molecule has 1 saturated heterocycles. The number of nitrogens with zero attached hydrogens (tertiary/aromatic N) is 2. The number of esters is 1. The maximum absolute atomic E-state index is 12.6. The molecule has 1 atom stereocenters. The topological polar surface area (TPSA) is 90.3 Å². The van der Waals surface area contributed by atoms with Crippen molar-refractivity contribution in [2.75, 3.05) is 5.32 Å². The molecule has 1 aliphatic heterocycles. The second-order valence-electron chi connectivity index (χ2n) is 7.11. The SMILES string of the molecule is CC(C)n1cnc2ccc(NC(=O)[C@H]3CC(=O)OC3(C)C)cc2c1=O. The number of rotatable bonds is 3. The van der Waals surface area contributed by atoms with Crippen LogP contribution in [-0.2, 0) is 14.3 Å². The first kappa shape index (κ1) is 17.1. The first-order valence-corrected chi connectivity index (χ1v) is 8.22. The number of amides is 1. The third-order valence-electron chi connectivity index (χ3n) is 4.51. The fourth-order valence-corrected chi connectivity index (χ4v) is 3.04. The van der Waals surface area contributed by atoms with Gasteiger partial charge in [-0.3, -0.25) is 19.0 Å². The predicted octanol–water partition coefficient (Wildman–Crippen LogP) is 2.26. The van der Waals surface area contributed by atoms with E-state index in [0.29, 0.717) is 16.6 Å². The number of aromatic nitrogens is 2. The van der Waals surface area contributed by atoms with Crippen molar-refractivity contribution in [2.24, 2.45) is 5.92 Å². The van der Waals surface area contributed by atoms with Gasteiger partial charge in [0.2, 0.25) is 5.91 Å². The van der Waals surface area contributed by atoms with Crippen LogP contribution in [0.25, 0.3) is 10.9 Å². The van der Waals surface area contributed by atoms with Crippen LogP contribution in [0.5, 0.6) is 0 Å². The number of carbonyl (C=O) groups excluding carboxylic acids is 2. The molecule has 132 valence electrons. The first-order chi connectivity index (χ1) is 11.7. The van der Waals surface area contributed by atoms with E-state index in [0.717, 1.165) is 0 Å². The summed E-state index contributed by atoms with van der Waals surface area (Å²) in [7, 11) is 0. The number of hydrogen-bond acceptors (Lipinski definition) is 5. The molecule has 0 bridgehead atoms. The molecule has 1 fully saturated rings. The number of hydrogen-bond donors (Lipinski definition) is 1. The number of cyclic esters (lactones) is 1. The summed E-state index contributed by atoms with van der Waals surface area (Å²) in [5.74, 6) is -1.26. The summed E-state index contributed by atoms with van der Waals surface area (Å²) in [5.41, 5.74) is 0.0627. The molecule has 7 heteroatoms. The quantitative estimate of drug-likeness (QED) is 0.863. The van der Waals surface area contributed by atoms with Crippen LogP contribution in [0.4, 0.5) is 5.69 Å². The third-order valence-corrected chi connectivity index (χ3v) is 4.51. The highest BCUT2D eigenvalue weighted by Crippen LogP contribution is 2.33. The number of fused-ring (bicyclic) bond motifs is 1. The van der Waals surface area contributed by atoms with Gasteiger partial charge in [-0.25, -0.2) is 4.98 Å². The summed E-state index contributed by atoms with van der Waals surface area (Å²) in [6.07, 6.45) is 1.58. The molecular formula is C18H21N3O4. The van der Waals surface area contributed by atoms with Gasteiger partial charge in [0.05, 0.1) is 29.6 Å². The summed E-state index contributed by atoms with van der Waals surface area (Å²) in [4.78, 5) is 40.9. The molecule has 0 unspecified atom stereocenters. The van der Waals surface area contributed by atoms with Gasteiger partial charge in [-0.05, 0) is 45.9 Å². The molecule has 1 aliphatic rings. The number of ether oxygens (including phenoxy) is 1. The smallest absolute Gasteiger partial charge is 0.307 e. The summed E-state index contributed by atoms with van der Waals surface area (Å²) in [5, 5.41) is 3.22. The van der Waals surface area contributed by atoms with Crippen molar-refractivity contribution in [2.45, 2.75) is 45.8 Å². The summed E-state index contributed by atoms with van der Waals surface area (Å²) >= 11 is 0. The van der Waals surface area contributed by atoms with E-state index in [1.54, 1.807) is 36.6 Å². The molecule has 0 saturated carbocycles. The normalized spacial score (nSPS) is 19.2. The number of benzene rings is 1. The van der Waals surface area contributed by atoms with Gasteiger partial charge in [0, 0.05) is 11.7 Å². The van der Waals surface area contributed by atoms with E-state index < -0.39 is 11.5 Å². The molecule has 0 spiro atoms. The van der Waals surface area contributed by atoms with Crippen molar-refractivity contribution < 1.29 is 14.3 Å². The van der Waals surface area contributed by atoms with Crippen molar-refractivity contribution in [1.29, 1.82) is 0 Å². The lowest BCUT2D eigenvalue weighted by molar-refractivity contribution is -0.147. The van der Waals surface area contributed by atoms with Crippen LogP contribution in [0.1, 0.15) is 40.2 Å². The fourth-order valence-electron chi connectivity index (χ4n) is 3.04. The van der Waals surface area contributed by atoms with E-state index in [9.17, 15) is 14.4 Å². The molecule has 1 aromatic heterocycles. The lowest BCUT2D eigenvalue weighted by atomic mass is 9.90. The van der Waals surface area contributed by atoms with E-state index in [4.69, 9.17) is 4.74 Å². The van der Waals surface area contributed by atoms with Gasteiger partial charge in [0.1, 0.15) is 5.60 Å². The van der Waals surface area contributed by atoms with Crippen LogP contribution < -0.4 is 10.9 Å². The molecule has 1 amide bonds. The molecule has 3 rings (SSSR count). The lowest BCUT2D eigenvalue weighted by Crippen LogP contribution is -2.36. The van der Waals surface area contributed by atoms with Gasteiger partial charge in [-0.2, -0.15) is 0 Å². The summed E-state index contributed by atoms with van der Waals surface area (Å²) in [6, 6.07) is 4.99. The molecule has 2 aromatic rings. The van der Waals surface area contributed by atoms with Crippen LogP contribution in [0.2, 0.25) is 0 Å². The Hall–Kier alpha value is -2.70. The Kier molecular flexibility index (Phi) is 4.10. The standard InChI is InChI=1S/C18H21N3O4/c1-10(2)21-9-19-14-6-5-11(7-12(14)17(21)24)20-16(23)13-8-15(22)25-18(13,3)4/h5-7,9-10,13H,8H2,1-4H3,(H,20,23)/t13-/m1/s1. The average Bonchev–Trinajstić information content (AvgIpc) is 2.80. The lowest BCUT2D eigenvalue weighted by Gasteiger charge is -2.23. The molecule has 0 radical (unpaired) electrons. The molecule has 1 N–H and O–H groups in total. The Balaban J connectivity index is 1.92. The van der Waals surface area contributed by atoms with Crippen LogP contribution in [0.15, 0.2) is 29.3 Å². The molecule has 1 aromatic carbocycles. The number of anilines is 1. The molecular weight excluding hydrogens is 322 g/mol. The van der Waals surface area contributed by atoms with Crippen molar-refractivity contribution >= 4 is 28.5 Å². The van der Waals surface area contributed by atoms with Gasteiger partial charge in [-0.15, -0.1) is 0 Å². The molecule has 7 nitrogen and oxygen atoms in total. The highest BCUT2D eigenvalue weighted by molar-refractivity contribution is 5.98. The Bertz CT molecular complexity index is 914. The predicted molar refractivity (Wildman–Crippen MR) is 93.3 cm³/mol. The minimum Gasteiger partial charge on any atom is -0.459 e. The summed E-state index contributed by atoms with van der Waals surface area (Å²) < 4.78 is 6.73. The van der Waals surface area contributed by atoms with Crippen molar-refractivity contribution in [3.8, 4) is 0 Å². The van der Waals surface area contributed by atoms with Crippen LogP contribution in [-0.4, -0.2) is 27.0 Å². The third kappa shape index (κ3) is 3.14. The maximum Gasteiger partial charge on any atom is 0.307 e. The minimum absolute atomic E-state index is 0.00917. The zero-order valence-corrected chi connectivity index (χ0v) is 14.7. The Labute approximate surface area is 145 Å². The second kappa shape index (κ2) is 5.98. The highest BCUT2D eigenvalue weighted by atomic mass is 16.6. The van der Waals surface area contributed by atoms with Crippen molar-refractivity contribution in [3.05, 3.63) is 34.9 Å². The van der Waals surface area contributed by atoms with Crippen LogP contribution in [0.3, 0.4) is 0 Å². The number of nitrogens with one attached hydrogen (secondary N) is 1. The van der Waals surface area contributed by atoms with E-state index in [1.165, 1.54) is 6.33 Å². The largest absolute Gasteiger partial charge is 0.459 e. The van der Waals surface area contributed by atoms with E-state index in [2.05, 4.69) is 10.3 Å². The van der Waals surface area contributed by atoms with Gasteiger partial charge in [0.15, 0.2) is 0 Å². The van der Waals surface area contributed by atoms with Gasteiger partial charge in [0.25, 0.3) is 5.56 Å². The van der Waals surface area contributed by atoms with E-state index >= 15 is 0 Å². The fraction of sp³-hybridized carbons (Fsp3) is 0.444. The van der Waals surface area contributed by atoms with E-state index in [1.807, 2.05) is 13.8 Å². The first-order valence-electron chi connectivity index (χ1n) is 8.22. The maximum atomic E-state index is 12.6. The van der Waals surface area contributed by atoms with Crippen LogP contribution in [0, 0.1) is 5.92 Å². The molecule has 25 heavy (non-hydrogen) atoms. The Morgan fingerprint density at radius 2 is 2.08 bits per heavy atom. The van der Waals surface area contributed by atoms with Gasteiger partial charge in [-0.1, -0.05) is 0 Å². The van der Waals surface area contributed by atoms with Crippen molar-refractivity contribution in [3.63, 3.8) is 0 Å². The zero-order valence-electron chi connectivity index (χ0n) is 14.7. The monoisotopic (exact) mass is 343 g/mol. The van der Waals surface area contributed by atoms with E-state index in [-0.39, 0.29) is 29.9 Å². The summed E-state index contributed by atoms with van der Waals surface area (Å²) in [6.45, 7) is 7.24. The highest BCUT2D eigenvalue weighted by Gasteiger charge is 2.46. The average molecular weight is 343 g/mol. The van der Waals surface area contributed by atoms with Gasteiger partial charge < -0.3 is 10.1 Å².